The molecule has 172 valence electrons. The molecule has 7 nitrogen and oxygen atoms in total. The highest BCUT2D eigenvalue weighted by molar-refractivity contribution is 7.80. The summed E-state index contributed by atoms with van der Waals surface area (Å²) in [5.74, 6) is 0.585. The van der Waals surface area contributed by atoms with E-state index in [0.29, 0.717) is 23.1 Å². The number of thiocarbonyl (C=S) groups is 1. The van der Waals surface area contributed by atoms with Crippen molar-refractivity contribution < 1.29 is 4.79 Å². The molecular weight excluding hydrogens is 456 g/mol. The Balaban J connectivity index is 1.60. The average molecular weight is 483 g/mol. The summed E-state index contributed by atoms with van der Waals surface area (Å²) in [6.45, 7) is 8.74. The molecule has 9 heteroatoms. The van der Waals surface area contributed by atoms with Gasteiger partial charge in [-0.2, -0.15) is 5.10 Å². The van der Waals surface area contributed by atoms with Crippen LogP contribution in [0.3, 0.4) is 0 Å². The van der Waals surface area contributed by atoms with Crippen LogP contribution in [0, 0.1) is 0 Å². The van der Waals surface area contributed by atoms with Gasteiger partial charge in [-0.1, -0.05) is 44.5 Å². The fourth-order valence-corrected chi connectivity index (χ4v) is 3.90. The Morgan fingerprint density at radius 2 is 1.91 bits per heavy atom. The molecule has 4 rings (SSSR count). The van der Waals surface area contributed by atoms with Crippen molar-refractivity contribution in [3.05, 3.63) is 70.9 Å². The van der Waals surface area contributed by atoms with Gasteiger partial charge in [0.25, 0.3) is 0 Å². The largest absolute Gasteiger partial charge is 0.361 e. The maximum atomic E-state index is 12.7. The van der Waals surface area contributed by atoms with Gasteiger partial charge in [0.15, 0.2) is 5.11 Å². The smallest absolute Gasteiger partial charge is 0.324 e. The van der Waals surface area contributed by atoms with Crippen molar-refractivity contribution in [3.63, 3.8) is 0 Å². The SMILES string of the molecule is CC(C)(C)c1cc(NC(=O)Nc2ccc(Cl)cc2)n(-c2cccc(CN3CCNC3=S)c2)n1. The first kappa shape index (κ1) is 23.1. The van der Waals surface area contributed by atoms with Crippen LogP contribution in [0.15, 0.2) is 54.6 Å². The van der Waals surface area contributed by atoms with E-state index in [1.165, 1.54) is 0 Å². The summed E-state index contributed by atoms with van der Waals surface area (Å²) >= 11 is 11.3. The highest BCUT2D eigenvalue weighted by Crippen LogP contribution is 2.27. The number of nitrogens with one attached hydrogen (secondary N) is 3. The van der Waals surface area contributed by atoms with E-state index in [4.69, 9.17) is 28.9 Å². The highest BCUT2D eigenvalue weighted by Gasteiger charge is 2.22. The van der Waals surface area contributed by atoms with E-state index in [-0.39, 0.29) is 11.4 Å². The minimum absolute atomic E-state index is 0.181. The van der Waals surface area contributed by atoms with Crippen LogP contribution in [-0.4, -0.2) is 38.9 Å². The zero-order chi connectivity index (χ0) is 23.6. The maximum absolute atomic E-state index is 12.7. The summed E-state index contributed by atoms with van der Waals surface area (Å²) < 4.78 is 1.77. The van der Waals surface area contributed by atoms with Crippen LogP contribution in [0.25, 0.3) is 5.69 Å². The Bertz CT molecular complexity index is 1170. The molecule has 0 saturated carbocycles. The molecule has 2 heterocycles. The normalized spacial score (nSPS) is 13.7. The third kappa shape index (κ3) is 5.64. The van der Waals surface area contributed by atoms with Crippen LogP contribution in [0.5, 0.6) is 0 Å². The van der Waals surface area contributed by atoms with Crippen LogP contribution in [0.2, 0.25) is 5.02 Å². The quantitative estimate of drug-likeness (QED) is 0.438. The number of urea groups is 1. The number of amides is 2. The van der Waals surface area contributed by atoms with Gasteiger partial charge in [-0.05, 0) is 54.2 Å². The molecular formula is C24H27ClN6OS. The first-order valence-corrected chi connectivity index (χ1v) is 11.5. The van der Waals surface area contributed by atoms with Gasteiger partial charge in [-0.25, -0.2) is 9.48 Å². The summed E-state index contributed by atoms with van der Waals surface area (Å²) in [4.78, 5) is 14.9. The molecule has 33 heavy (non-hydrogen) atoms. The molecule has 0 bridgehead atoms. The monoisotopic (exact) mass is 482 g/mol. The molecule has 1 aliphatic rings. The third-order valence-electron chi connectivity index (χ3n) is 5.30. The summed E-state index contributed by atoms with van der Waals surface area (Å²) in [6.07, 6.45) is 0. The van der Waals surface area contributed by atoms with Crippen LogP contribution in [0.1, 0.15) is 32.0 Å². The second kappa shape index (κ2) is 9.41. The molecule has 1 fully saturated rings. The van der Waals surface area contributed by atoms with E-state index in [0.717, 1.165) is 35.1 Å². The fourth-order valence-electron chi connectivity index (χ4n) is 3.51. The van der Waals surface area contributed by atoms with E-state index in [2.05, 4.69) is 53.8 Å². The number of carbonyl (C=O) groups excluding carboxylic acids is 1. The molecule has 3 N–H and O–H groups in total. The van der Waals surface area contributed by atoms with E-state index in [1.54, 1.807) is 28.9 Å². The molecule has 0 unspecified atom stereocenters. The van der Waals surface area contributed by atoms with Crippen molar-refractivity contribution in [3.8, 4) is 5.69 Å². The number of rotatable bonds is 5. The Kier molecular flexibility index (Phi) is 6.58. The van der Waals surface area contributed by atoms with Crippen LogP contribution < -0.4 is 16.0 Å². The van der Waals surface area contributed by atoms with Crippen molar-refractivity contribution in [2.24, 2.45) is 0 Å². The molecule has 1 aliphatic heterocycles. The lowest BCUT2D eigenvalue weighted by Crippen LogP contribution is -2.27. The topological polar surface area (TPSA) is 74.2 Å². The molecule has 0 radical (unpaired) electrons. The third-order valence-corrected chi connectivity index (χ3v) is 5.95. The van der Waals surface area contributed by atoms with Crippen LogP contribution in [0.4, 0.5) is 16.3 Å². The highest BCUT2D eigenvalue weighted by atomic mass is 35.5. The molecule has 0 atom stereocenters. The number of benzene rings is 2. The Morgan fingerprint density at radius 1 is 1.15 bits per heavy atom. The van der Waals surface area contributed by atoms with Crippen molar-refractivity contribution in [1.29, 1.82) is 0 Å². The zero-order valence-electron chi connectivity index (χ0n) is 18.9. The fraction of sp³-hybridized carbons (Fsp3) is 0.292. The minimum atomic E-state index is -0.358. The van der Waals surface area contributed by atoms with Crippen molar-refractivity contribution >= 4 is 46.5 Å². The minimum Gasteiger partial charge on any atom is -0.361 e. The molecule has 1 saturated heterocycles. The molecule has 2 aromatic carbocycles. The molecule has 2 amide bonds. The number of aromatic nitrogens is 2. The maximum Gasteiger partial charge on any atom is 0.324 e. The second-order valence-electron chi connectivity index (χ2n) is 8.99. The van der Waals surface area contributed by atoms with E-state index < -0.39 is 0 Å². The Morgan fingerprint density at radius 3 is 2.58 bits per heavy atom. The number of carbonyl (C=O) groups is 1. The van der Waals surface area contributed by atoms with E-state index >= 15 is 0 Å². The van der Waals surface area contributed by atoms with Crippen LogP contribution in [-0.2, 0) is 12.0 Å². The second-order valence-corrected chi connectivity index (χ2v) is 9.81. The number of nitrogens with zero attached hydrogens (tertiary/aromatic N) is 3. The summed E-state index contributed by atoms with van der Waals surface area (Å²) in [5.41, 5.74) is 3.32. The first-order chi connectivity index (χ1) is 15.7. The number of hydrogen-bond donors (Lipinski definition) is 3. The predicted molar refractivity (Wildman–Crippen MR) is 137 cm³/mol. The standard InChI is InChI=1S/C24H27ClN6OS/c1-24(2,3)20-14-21(28-22(32)27-18-9-7-17(25)8-10-18)31(29-20)19-6-4-5-16(13-19)15-30-12-11-26-23(30)33/h4-10,13-14H,11-12,15H2,1-3H3,(H,26,33)(H2,27,28,32). The van der Waals surface area contributed by atoms with E-state index in [1.807, 2.05) is 18.2 Å². The molecule has 0 aliphatic carbocycles. The summed E-state index contributed by atoms with van der Waals surface area (Å²) in [7, 11) is 0. The van der Waals surface area contributed by atoms with Gasteiger partial charge in [0, 0.05) is 41.8 Å². The lowest BCUT2D eigenvalue weighted by atomic mass is 9.92. The first-order valence-electron chi connectivity index (χ1n) is 10.8. The van der Waals surface area contributed by atoms with Crippen molar-refractivity contribution in [2.75, 3.05) is 23.7 Å². The number of halogens is 1. The van der Waals surface area contributed by atoms with Crippen LogP contribution >= 0.6 is 23.8 Å². The van der Waals surface area contributed by atoms with Gasteiger partial charge in [-0.15, -0.1) is 0 Å². The van der Waals surface area contributed by atoms with Gasteiger partial charge in [-0.3, -0.25) is 5.32 Å². The zero-order valence-corrected chi connectivity index (χ0v) is 20.4. The lowest BCUT2D eigenvalue weighted by Gasteiger charge is -2.17. The van der Waals surface area contributed by atoms with Crippen molar-refractivity contribution in [1.82, 2.24) is 20.0 Å². The van der Waals surface area contributed by atoms with Gasteiger partial charge in [0.1, 0.15) is 5.82 Å². The van der Waals surface area contributed by atoms with Crippen molar-refractivity contribution in [2.45, 2.75) is 32.7 Å². The molecule has 0 spiro atoms. The number of anilines is 2. The Hall–Kier alpha value is -3.10. The summed E-state index contributed by atoms with van der Waals surface area (Å²) in [6, 6.07) is 16.6. The van der Waals surface area contributed by atoms with E-state index in [9.17, 15) is 4.79 Å². The average Bonchev–Trinajstić information content (AvgIpc) is 3.36. The number of hydrogen-bond acceptors (Lipinski definition) is 3. The molecule has 1 aromatic heterocycles. The van der Waals surface area contributed by atoms with Gasteiger partial charge in [0.05, 0.1) is 11.4 Å². The Labute approximate surface area is 204 Å². The van der Waals surface area contributed by atoms with Gasteiger partial charge < -0.3 is 15.5 Å². The predicted octanol–water partition coefficient (Wildman–Crippen LogP) is 5.16. The molecule has 3 aromatic rings. The van der Waals surface area contributed by atoms with Gasteiger partial charge in [0.2, 0.25) is 0 Å². The summed E-state index contributed by atoms with van der Waals surface area (Å²) in [5, 5.41) is 15.2. The lowest BCUT2D eigenvalue weighted by molar-refractivity contribution is 0.262. The van der Waals surface area contributed by atoms with Gasteiger partial charge >= 0.3 is 6.03 Å².